The minimum atomic E-state index is 0.373. The van der Waals surface area contributed by atoms with Crippen LogP contribution in [0.5, 0.6) is 0 Å². The predicted octanol–water partition coefficient (Wildman–Crippen LogP) is 3.81. The molecule has 1 aliphatic heterocycles. The zero-order valence-corrected chi connectivity index (χ0v) is 13.6. The van der Waals surface area contributed by atoms with E-state index in [9.17, 15) is 0 Å². The van der Waals surface area contributed by atoms with Crippen LogP contribution in [0.4, 0.5) is 0 Å². The monoisotopic (exact) mass is 266 g/mol. The number of nitrogens with one attached hydrogen (secondary N) is 1. The van der Waals surface area contributed by atoms with E-state index < -0.39 is 0 Å². The van der Waals surface area contributed by atoms with E-state index in [4.69, 9.17) is 0 Å². The lowest BCUT2D eigenvalue weighted by molar-refractivity contribution is -0.0227. The molecule has 0 aromatic carbocycles. The van der Waals surface area contributed by atoms with Gasteiger partial charge in [0.05, 0.1) is 0 Å². The van der Waals surface area contributed by atoms with Gasteiger partial charge in [0, 0.05) is 30.7 Å². The molecule has 0 unspecified atom stereocenters. The van der Waals surface area contributed by atoms with Crippen molar-refractivity contribution in [2.45, 2.75) is 83.7 Å². The Balaban J connectivity index is 2.12. The van der Waals surface area contributed by atoms with E-state index >= 15 is 0 Å². The molecule has 2 fully saturated rings. The van der Waals surface area contributed by atoms with Crippen LogP contribution < -0.4 is 5.32 Å². The zero-order valence-electron chi connectivity index (χ0n) is 13.6. The molecule has 0 amide bonds. The fraction of sp³-hybridized carbons (Fsp3) is 1.00. The summed E-state index contributed by atoms with van der Waals surface area (Å²) in [5.74, 6) is 0.988. The second-order valence-corrected chi connectivity index (χ2v) is 6.95. The Labute approximate surface area is 120 Å². The van der Waals surface area contributed by atoms with Crippen molar-refractivity contribution in [1.82, 2.24) is 10.2 Å². The van der Waals surface area contributed by atoms with Crippen molar-refractivity contribution < 1.29 is 0 Å². The van der Waals surface area contributed by atoms with Gasteiger partial charge in [-0.1, -0.05) is 34.1 Å². The number of piperazine rings is 1. The Hall–Kier alpha value is -0.0800. The summed E-state index contributed by atoms with van der Waals surface area (Å²) < 4.78 is 0. The van der Waals surface area contributed by atoms with Crippen molar-refractivity contribution in [1.29, 1.82) is 0 Å². The van der Waals surface area contributed by atoms with Crippen molar-refractivity contribution >= 4 is 0 Å². The van der Waals surface area contributed by atoms with Crippen LogP contribution in [0.25, 0.3) is 0 Å². The lowest BCUT2D eigenvalue weighted by atomic mass is 9.78. The molecule has 0 aromatic rings. The smallest absolute Gasteiger partial charge is 0.0329 e. The number of rotatable bonds is 6. The highest BCUT2D eigenvalue weighted by molar-refractivity contribution is 5.04. The van der Waals surface area contributed by atoms with Gasteiger partial charge in [0.1, 0.15) is 0 Å². The Kier molecular flexibility index (Phi) is 4.94. The first-order valence-corrected chi connectivity index (χ1v) is 8.63. The highest BCUT2D eigenvalue weighted by atomic mass is 15.3. The van der Waals surface area contributed by atoms with E-state index in [0.29, 0.717) is 11.1 Å². The lowest BCUT2D eigenvalue weighted by Crippen LogP contribution is -2.70. The van der Waals surface area contributed by atoms with Gasteiger partial charge in [-0.25, -0.2) is 0 Å². The van der Waals surface area contributed by atoms with Gasteiger partial charge in [-0.3, -0.25) is 4.90 Å². The van der Waals surface area contributed by atoms with Gasteiger partial charge in [-0.15, -0.1) is 0 Å². The zero-order chi connectivity index (χ0) is 13.9. The largest absolute Gasteiger partial charge is 0.308 e. The van der Waals surface area contributed by atoms with Gasteiger partial charge in [0.15, 0.2) is 0 Å². The first-order chi connectivity index (χ1) is 9.13. The molecule has 19 heavy (non-hydrogen) atoms. The van der Waals surface area contributed by atoms with Crippen LogP contribution >= 0.6 is 0 Å². The van der Waals surface area contributed by atoms with Crippen molar-refractivity contribution in [2.24, 2.45) is 5.92 Å². The van der Waals surface area contributed by atoms with Crippen LogP contribution in [-0.2, 0) is 0 Å². The maximum Gasteiger partial charge on any atom is 0.0329 e. The molecule has 0 spiro atoms. The van der Waals surface area contributed by atoms with Gasteiger partial charge in [0.25, 0.3) is 0 Å². The summed E-state index contributed by atoms with van der Waals surface area (Å²) in [5, 5.41) is 3.92. The summed E-state index contributed by atoms with van der Waals surface area (Å²) >= 11 is 0. The Bertz CT molecular complexity index is 275. The summed E-state index contributed by atoms with van der Waals surface area (Å²) in [5.41, 5.74) is 0.793. The first kappa shape index (κ1) is 15.3. The van der Waals surface area contributed by atoms with E-state index in [0.717, 1.165) is 5.92 Å². The minimum absolute atomic E-state index is 0.373. The molecule has 1 N–H and O–H groups in total. The normalized spacial score (nSPS) is 27.2. The molecule has 0 atom stereocenters. The average molecular weight is 266 g/mol. The summed E-state index contributed by atoms with van der Waals surface area (Å²) in [6, 6.07) is 0. The Morgan fingerprint density at radius 2 is 1.63 bits per heavy atom. The average Bonchev–Trinajstić information content (AvgIpc) is 2.42. The summed E-state index contributed by atoms with van der Waals surface area (Å²) in [6.45, 7) is 13.3. The summed E-state index contributed by atoms with van der Waals surface area (Å²) in [4.78, 5) is 2.88. The highest BCUT2D eigenvalue weighted by Crippen LogP contribution is 2.36. The lowest BCUT2D eigenvalue weighted by Gasteiger charge is -2.55. The minimum Gasteiger partial charge on any atom is -0.308 e. The van der Waals surface area contributed by atoms with Crippen molar-refractivity contribution in [3.8, 4) is 0 Å². The topological polar surface area (TPSA) is 15.3 Å². The standard InChI is InChI=1S/C17H34N2/c1-5-16(6-2)14-19(12-15-10-9-11-15)17(7-3,8-4)13-18-16/h15,18H,5-14H2,1-4H3. The third-order valence-corrected chi connectivity index (χ3v) is 6.33. The van der Waals surface area contributed by atoms with E-state index in [-0.39, 0.29) is 0 Å². The molecular weight excluding hydrogens is 232 g/mol. The molecule has 2 rings (SSSR count). The molecule has 1 saturated carbocycles. The molecule has 2 nitrogen and oxygen atoms in total. The van der Waals surface area contributed by atoms with Crippen LogP contribution in [0.3, 0.4) is 0 Å². The Morgan fingerprint density at radius 3 is 2.05 bits per heavy atom. The molecule has 0 radical (unpaired) electrons. The molecule has 1 aliphatic carbocycles. The van der Waals surface area contributed by atoms with Crippen molar-refractivity contribution in [3.05, 3.63) is 0 Å². The van der Waals surface area contributed by atoms with Crippen LogP contribution in [-0.4, -0.2) is 35.6 Å². The number of nitrogens with zero attached hydrogens (tertiary/aromatic N) is 1. The van der Waals surface area contributed by atoms with Gasteiger partial charge in [-0.05, 0) is 44.4 Å². The number of hydrogen-bond acceptors (Lipinski definition) is 2. The molecule has 2 aliphatic rings. The second kappa shape index (κ2) is 6.13. The third-order valence-electron chi connectivity index (χ3n) is 6.33. The fourth-order valence-corrected chi connectivity index (χ4v) is 3.97. The SMILES string of the molecule is CCC1(CC)CN(CC2CCC2)C(CC)(CC)CN1. The van der Waals surface area contributed by atoms with Crippen molar-refractivity contribution in [3.63, 3.8) is 0 Å². The van der Waals surface area contributed by atoms with Crippen LogP contribution in [0.2, 0.25) is 0 Å². The molecule has 0 bridgehead atoms. The van der Waals surface area contributed by atoms with E-state index in [1.165, 1.54) is 64.6 Å². The van der Waals surface area contributed by atoms with Gasteiger partial charge in [-0.2, -0.15) is 0 Å². The predicted molar refractivity (Wildman–Crippen MR) is 83.5 cm³/mol. The second-order valence-electron chi connectivity index (χ2n) is 6.95. The molecule has 2 heteroatoms. The quantitative estimate of drug-likeness (QED) is 0.786. The van der Waals surface area contributed by atoms with E-state index in [2.05, 4.69) is 37.9 Å². The van der Waals surface area contributed by atoms with Gasteiger partial charge < -0.3 is 5.32 Å². The van der Waals surface area contributed by atoms with E-state index in [1.807, 2.05) is 0 Å². The summed E-state index contributed by atoms with van der Waals surface area (Å²) in [6.07, 6.45) is 9.49. The Morgan fingerprint density at radius 1 is 1.00 bits per heavy atom. The highest BCUT2D eigenvalue weighted by Gasteiger charge is 2.44. The summed E-state index contributed by atoms with van der Waals surface area (Å²) in [7, 11) is 0. The molecule has 1 saturated heterocycles. The van der Waals surface area contributed by atoms with E-state index in [1.54, 1.807) is 0 Å². The van der Waals surface area contributed by atoms with Crippen LogP contribution in [0.1, 0.15) is 72.6 Å². The van der Waals surface area contributed by atoms with Crippen LogP contribution in [0, 0.1) is 5.92 Å². The number of hydrogen-bond donors (Lipinski definition) is 1. The third kappa shape index (κ3) is 2.85. The maximum atomic E-state index is 3.92. The molecule has 1 heterocycles. The molecule has 0 aromatic heterocycles. The van der Waals surface area contributed by atoms with Gasteiger partial charge >= 0.3 is 0 Å². The van der Waals surface area contributed by atoms with Gasteiger partial charge in [0.2, 0.25) is 0 Å². The first-order valence-electron chi connectivity index (χ1n) is 8.63. The fourth-order valence-electron chi connectivity index (χ4n) is 3.97. The molecular formula is C17H34N2. The van der Waals surface area contributed by atoms with Crippen molar-refractivity contribution in [2.75, 3.05) is 19.6 Å². The molecule has 112 valence electrons. The van der Waals surface area contributed by atoms with Crippen LogP contribution in [0.15, 0.2) is 0 Å². The maximum absolute atomic E-state index is 3.92.